The lowest BCUT2D eigenvalue weighted by molar-refractivity contribution is -0.0101. The topological polar surface area (TPSA) is 12.0 Å². The molecule has 0 unspecified atom stereocenters. The third-order valence-electron chi connectivity index (χ3n) is 6.49. The molecule has 0 radical (unpaired) electrons. The van der Waals surface area contributed by atoms with Crippen LogP contribution in [0.2, 0.25) is 18.1 Å². The van der Waals surface area contributed by atoms with Crippen LogP contribution < -0.4 is 4.98 Å². The molecule has 4 fully saturated rings. The Kier molecular flexibility index (Phi) is 2.82. The van der Waals surface area contributed by atoms with Crippen molar-refractivity contribution >= 4 is 8.24 Å². The molecule has 0 amide bonds. The van der Waals surface area contributed by atoms with E-state index in [0.717, 1.165) is 17.8 Å². The van der Waals surface area contributed by atoms with Crippen molar-refractivity contribution in [2.75, 3.05) is 0 Å². The zero-order valence-electron chi connectivity index (χ0n) is 13.0. The summed E-state index contributed by atoms with van der Waals surface area (Å²) < 4.78 is 0. The van der Waals surface area contributed by atoms with Gasteiger partial charge in [0.1, 0.15) is 8.24 Å². The van der Waals surface area contributed by atoms with Crippen molar-refractivity contribution in [2.45, 2.75) is 83.0 Å². The van der Waals surface area contributed by atoms with Gasteiger partial charge in [0.15, 0.2) is 0 Å². The van der Waals surface area contributed by atoms with Gasteiger partial charge in [-0.2, -0.15) is 0 Å². The first kappa shape index (κ1) is 13.2. The Hall–Kier alpha value is 0.177. The molecule has 0 aliphatic heterocycles. The molecule has 4 rings (SSSR count). The van der Waals surface area contributed by atoms with Gasteiger partial charge in [-0.15, -0.1) is 0 Å². The molecule has 1 N–H and O–H groups in total. The van der Waals surface area contributed by atoms with Crippen molar-refractivity contribution in [1.82, 2.24) is 4.98 Å². The minimum absolute atomic E-state index is 0.469. The van der Waals surface area contributed by atoms with Crippen LogP contribution in [0.15, 0.2) is 0 Å². The first-order valence-electron chi connectivity index (χ1n) is 7.98. The third kappa shape index (κ3) is 2.09. The second-order valence-corrected chi connectivity index (χ2v) is 14.2. The van der Waals surface area contributed by atoms with Crippen LogP contribution in [0.4, 0.5) is 0 Å². The van der Waals surface area contributed by atoms with Crippen molar-refractivity contribution < 1.29 is 0 Å². The fraction of sp³-hybridized carbons (Fsp3) is 1.00. The van der Waals surface area contributed by atoms with E-state index in [1.54, 1.807) is 19.3 Å². The molecule has 0 aromatic heterocycles. The number of rotatable bonds is 2. The lowest BCUT2D eigenvalue weighted by Gasteiger charge is -2.60. The average Bonchev–Trinajstić information content (AvgIpc) is 2.10. The van der Waals surface area contributed by atoms with Crippen LogP contribution in [0.1, 0.15) is 59.3 Å². The molecule has 4 saturated carbocycles. The van der Waals surface area contributed by atoms with E-state index < -0.39 is 8.24 Å². The average molecular weight is 266 g/mol. The van der Waals surface area contributed by atoms with Gasteiger partial charge in [0.25, 0.3) is 0 Å². The van der Waals surface area contributed by atoms with Crippen LogP contribution in [0.5, 0.6) is 0 Å². The molecule has 0 aromatic carbocycles. The minimum Gasteiger partial charge on any atom is -0.332 e. The second-order valence-electron chi connectivity index (χ2n) is 9.20. The summed E-state index contributed by atoms with van der Waals surface area (Å²) in [6.07, 6.45) is 9.14. The van der Waals surface area contributed by atoms with Gasteiger partial charge in [0, 0.05) is 5.54 Å². The van der Waals surface area contributed by atoms with Gasteiger partial charge in [0.05, 0.1) is 0 Å². The summed E-state index contributed by atoms with van der Waals surface area (Å²) in [6.45, 7) is 12.4. The maximum Gasteiger partial charge on any atom is 0.125 e. The second kappa shape index (κ2) is 3.85. The van der Waals surface area contributed by atoms with Gasteiger partial charge in [-0.25, -0.2) is 0 Å². The van der Waals surface area contributed by atoms with Crippen LogP contribution >= 0.6 is 0 Å². The Labute approximate surface area is 114 Å². The van der Waals surface area contributed by atoms with Gasteiger partial charge in [-0.3, -0.25) is 0 Å². The van der Waals surface area contributed by atoms with E-state index in [1.165, 1.54) is 19.3 Å². The Morgan fingerprint density at radius 2 is 1.28 bits per heavy atom. The largest absolute Gasteiger partial charge is 0.332 e. The summed E-state index contributed by atoms with van der Waals surface area (Å²) in [7, 11) is -1.34. The van der Waals surface area contributed by atoms with Crippen LogP contribution in [0, 0.1) is 17.8 Å². The van der Waals surface area contributed by atoms with Crippen LogP contribution in [-0.2, 0) is 0 Å². The predicted octanol–water partition coefficient (Wildman–Crippen LogP) is 4.55. The van der Waals surface area contributed by atoms with Crippen molar-refractivity contribution in [1.29, 1.82) is 0 Å². The van der Waals surface area contributed by atoms with Crippen LogP contribution in [0.25, 0.3) is 0 Å². The predicted molar refractivity (Wildman–Crippen MR) is 81.2 cm³/mol. The standard InChI is InChI=1S/C16H31NSi/c1-15(2,3)18(4,5)17-16-9-12-6-13(10-16)8-14(7-12)11-16/h12-14,17H,6-11H2,1-5H3. The molecule has 104 valence electrons. The highest BCUT2D eigenvalue weighted by molar-refractivity contribution is 6.77. The summed E-state index contributed by atoms with van der Waals surface area (Å²) in [5, 5.41) is 0.469. The van der Waals surface area contributed by atoms with Gasteiger partial charge in [-0.1, -0.05) is 33.9 Å². The van der Waals surface area contributed by atoms with E-state index in [2.05, 4.69) is 38.8 Å². The quantitative estimate of drug-likeness (QED) is 0.722. The minimum atomic E-state index is -1.34. The molecular formula is C16H31NSi. The van der Waals surface area contributed by atoms with E-state index >= 15 is 0 Å². The highest BCUT2D eigenvalue weighted by Crippen LogP contribution is 2.56. The number of hydrogen-bond acceptors (Lipinski definition) is 1. The molecule has 0 saturated heterocycles. The zero-order chi connectivity index (χ0) is 13.2. The monoisotopic (exact) mass is 265 g/mol. The molecule has 2 heteroatoms. The summed E-state index contributed by atoms with van der Waals surface area (Å²) in [4.78, 5) is 4.28. The summed E-state index contributed by atoms with van der Waals surface area (Å²) in [5.41, 5.74) is 0.553. The van der Waals surface area contributed by atoms with Crippen molar-refractivity contribution in [3.8, 4) is 0 Å². The van der Waals surface area contributed by atoms with E-state index in [-0.39, 0.29) is 0 Å². The van der Waals surface area contributed by atoms with Crippen molar-refractivity contribution in [3.63, 3.8) is 0 Å². The summed E-state index contributed by atoms with van der Waals surface area (Å²) in [6, 6.07) is 0. The summed E-state index contributed by atoms with van der Waals surface area (Å²) >= 11 is 0. The smallest absolute Gasteiger partial charge is 0.125 e. The Balaban J connectivity index is 1.80. The fourth-order valence-electron chi connectivity index (χ4n) is 5.11. The highest BCUT2D eigenvalue weighted by atomic mass is 28.3. The normalized spacial score (nSPS) is 43.5. The SMILES string of the molecule is CC(C)(C)[Si](C)(C)NC12CC3CC(CC(C3)C1)C2. The first-order valence-corrected chi connectivity index (χ1v) is 11.0. The maximum atomic E-state index is 4.28. The first-order chi connectivity index (χ1) is 8.19. The highest BCUT2D eigenvalue weighted by Gasteiger charge is 2.53. The zero-order valence-corrected chi connectivity index (χ0v) is 14.0. The molecule has 0 aromatic rings. The van der Waals surface area contributed by atoms with E-state index in [1.807, 2.05) is 0 Å². The lowest BCUT2D eigenvalue weighted by atomic mass is 9.53. The van der Waals surface area contributed by atoms with Crippen LogP contribution in [-0.4, -0.2) is 13.8 Å². The van der Waals surface area contributed by atoms with Crippen molar-refractivity contribution in [3.05, 3.63) is 0 Å². The maximum absolute atomic E-state index is 4.28. The third-order valence-corrected chi connectivity index (χ3v) is 11.4. The Morgan fingerprint density at radius 1 is 0.889 bits per heavy atom. The van der Waals surface area contributed by atoms with Crippen LogP contribution in [0.3, 0.4) is 0 Å². The van der Waals surface area contributed by atoms with Gasteiger partial charge in [0.2, 0.25) is 0 Å². The number of hydrogen-bond donors (Lipinski definition) is 1. The van der Waals surface area contributed by atoms with Gasteiger partial charge >= 0.3 is 0 Å². The van der Waals surface area contributed by atoms with Crippen molar-refractivity contribution in [2.24, 2.45) is 17.8 Å². The molecule has 0 atom stereocenters. The molecule has 4 bridgehead atoms. The van der Waals surface area contributed by atoms with Gasteiger partial charge < -0.3 is 4.98 Å². The van der Waals surface area contributed by atoms with E-state index in [9.17, 15) is 0 Å². The number of nitrogens with one attached hydrogen (secondary N) is 1. The fourth-order valence-corrected chi connectivity index (χ4v) is 7.12. The molecule has 0 spiro atoms. The van der Waals surface area contributed by atoms with E-state index in [0.29, 0.717) is 10.6 Å². The molecular weight excluding hydrogens is 234 g/mol. The summed E-state index contributed by atoms with van der Waals surface area (Å²) in [5.74, 6) is 3.19. The molecule has 4 aliphatic rings. The van der Waals surface area contributed by atoms with Gasteiger partial charge in [-0.05, 0) is 61.3 Å². The molecule has 1 nitrogen and oxygen atoms in total. The molecule has 4 aliphatic carbocycles. The Morgan fingerprint density at radius 3 is 1.61 bits per heavy atom. The lowest BCUT2D eigenvalue weighted by Crippen LogP contribution is -2.67. The molecule has 18 heavy (non-hydrogen) atoms. The molecule has 0 heterocycles. The van der Waals surface area contributed by atoms with E-state index in [4.69, 9.17) is 0 Å². The Bertz CT molecular complexity index is 304.